The molecule has 1 aliphatic heterocycles. The van der Waals surface area contributed by atoms with Gasteiger partial charge in [0.15, 0.2) is 0 Å². The third kappa shape index (κ3) is 3.64. The highest BCUT2D eigenvalue weighted by atomic mass is 16.4. The van der Waals surface area contributed by atoms with Gasteiger partial charge in [-0.25, -0.2) is 0 Å². The Balaban J connectivity index is 2.07. The van der Waals surface area contributed by atoms with Crippen LogP contribution in [-0.2, 0) is 4.79 Å². The zero-order valence-electron chi connectivity index (χ0n) is 8.78. The van der Waals surface area contributed by atoms with Gasteiger partial charge in [0.25, 0.3) is 0 Å². The lowest BCUT2D eigenvalue weighted by Crippen LogP contribution is -2.29. The van der Waals surface area contributed by atoms with Crippen LogP contribution in [0.25, 0.3) is 0 Å². The molecule has 82 valence electrons. The van der Waals surface area contributed by atoms with Crippen LogP contribution in [-0.4, -0.2) is 42.2 Å². The summed E-state index contributed by atoms with van der Waals surface area (Å²) in [5.74, 6) is -0.130. The number of nitrogens with zero attached hydrogens (tertiary/aromatic N) is 1. The lowest BCUT2D eigenvalue weighted by atomic mass is 9.99. The van der Waals surface area contributed by atoms with Crippen molar-refractivity contribution in [2.75, 3.05) is 20.1 Å². The van der Waals surface area contributed by atoms with E-state index in [0.29, 0.717) is 6.42 Å². The Morgan fingerprint density at radius 1 is 1.71 bits per heavy atom. The van der Waals surface area contributed by atoms with E-state index in [1.165, 1.54) is 13.0 Å². The van der Waals surface area contributed by atoms with Crippen LogP contribution in [0.1, 0.15) is 25.7 Å². The van der Waals surface area contributed by atoms with E-state index in [2.05, 4.69) is 11.9 Å². The number of hydrogen-bond acceptors (Lipinski definition) is 3. The van der Waals surface area contributed by atoms with Crippen LogP contribution in [0, 0.1) is 5.92 Å². The Bertz CT molecular complexity index is 197. The first kappa shape index (κ1) is 11.5. The lowest BCUT2D eigenvalue weighted by molar-refractivity contribution is -0.138. The van der Waals surface area contributed by atoms with E-state index in [1.54, 1.807) is 0 Å². The molecule has 1 heterocycles. The van der Waals surface area contributed by atoms with Crippen molar-refractivity contribution in [3.8, 4) is 0 Å². The molecule has 1 saturated heterocycles. The molecular formula is C10H20N2O2. The summed E-state index contributed by atoms with van der Waals surface area (Å²) in [6.07, 6.45) is 3.91. The highest BCUT2D eigenvalue weighted by Gasteiger charge is 2.19. The number of aliphatic carboxylic acids is 1. The molecule has 0 radical (unpaired) electrons. The third-order valence-electron chi connectivity index (χ3n) is 2.93. The van der Waals surface area contributed by atoms with Crippen LogP contribution in [0.2, 0.25) is 0 Å². The van der Waals surface area contributed by atoms with E-state index in [-0.39, 0.29) is 0 Å². The fraction of sp³-hybridized carbons (Fsp3) is 0.900. The van der Waals surface area contributed by atoms with E-state index in [0.717, 1.165) is 25.3 Å². The highest BCUT2D eigenvalue weighted by molar-refractivity contribution is 5.72. The Labute approximate surface area is 85.1 Å². The molecule has 3 N–H and O–H groups in total. The summed E-state index contributed by atoms with van der Waals surface area (Å²) in [4.78, 5) is 12.8. The third-order valence-corrected chi connectivity index (χ3v) is 2.93. The maximum atomic E-state index is 10.4. The molecular weight excluding hydrogens is 180 g/mol. The molecule has 0 aromatic heterocycles. The Hall–Kier alpha value is -0.610. The molecule has 1 rings (SSSR count). The van der Waals surface area contributed by atoms with Crippen LogP contribution < -0.4 is 5.73 Å². The molecule has 2 unspecified atom stereocenters. The van der Waals surface area contributed by atoms with Gasteiger partial charge in [-0.2, -0.15) is 0 Å². The topological polar surface area (TPSA) is 66.6 Å². The van der Waals surface area contributed by atoms with Gasteiger partial charge < -0.3 is 15.7 Å². The largest absolute Gasteiger partial charge is 0.480 e. The molecule has 0 aromatic rings. The minimum absolute atomic E-state index is 0.607. The number of rotatable bonds is 5. The smallest absolute Gasteiger partial charge is 0.320 e. The van der Waals surface area contributed by atoms with Gasteiger partial charge in [-0.3, -0.25) is 4.79 Å². The Kier molecular flexibility index (Phi) is 4.35. The molecule has 2 atom stereocenters. The number of carboxylic acids is 1. The molecule has 4 nitrogen and oxygen atoms in total. The van der Waals surface area contributed by atoms with E-state index in [9.17, 15) is 4.79 Å². The highest BCUT2D eigenvalue weighted by Crippen LogP contribution is 2.20. The second-order valence-electron chi connectivity index (χ2n) is 4.29. The summed E-state index contributed by atoms with van der Waals surface area (Å²) in [6.45, 7) is 2.33. The molecule has 0 amide bonds. The fourth-order valence-corrected chi connectivity index (χ4v) is 2.01. The van der Waals surface area contributed by atoms with E-state index < -0.39 is 12.0 Å². The van der Waals surface area contributed by atoms with Crippen LogP contribution in [0.5, 0.6) is 0 Å². The zero-order valence-corrected chi connectivity index (χ0v) is 8.78. The van der Waals surface area contributed by atoms with E-state index in [1.807, 2.05) is 0 Å². The maximum Gasteiger partial charge on any atom is 0.320 e. The summed E-state index contributed by atoms with van der Waals surface area (Å²) in [5, 5.41) is 8.58. The van der Waals surface area contributed by atoms with Crippen molar-refractivity contribution >= 4 is 5.97 Å². The predicted octanol–water partition coefficient (Wildman–Crippen LogP) is 0.520. The van der Waals surface area contributed by atoms with Crippen molar-refractivity contribution in [1.82, 2.24) is 4.90 Å². The summed E-state index contributed by atoms with van der Waals surface area (Å²) in [5.41, 5.74) is 5.42. The molecule has 0 aromatic carbocycles. The van der Waals surface area contributed by atoms with Crippen molar-refractivity contribution in [2.45, 2.75) is 31.7 Å². The molecule has 1 fully saturated rings. The second kappa shape index (κ2) is 5.32. The number of carboxylic acid groups (broad SMARTS) is 1. The van der Waals surface area contributed by atoms with Gasteiger partial charge in [-0.1, -0.05) is 6.42 Å². The quantitative estimate of drug-likeness (QED) is 0.679. The molecule has 4 heteroatoms. The maximum absolute atomic E-state index is 10.4. The monoisotopic (exact) mass is 200 g/mol. The number of hydrogen-bond donors (Lipinski definition) is 2. The minimum atomic E-state index is -0.881. The Morgan fingerprint density at radius 2 is 2.43 bits per heavy atom. The average Bonchev–Trinajstić information content (AvgIpc) is 2.51. The van der Waals surface area contributed by atoms with Crippen molar-refractivity contribution in [1.29, 1.82) is 0 Å². The van der Waals surface area contributed by atoms with Crippen LogP contribution in [0.4, 0.5) is 0 Å². The SMILES string of the molecule is CN1CCC(CCCC(N)C(=O)O)C1. The molecule has 0 spiro atoms. The number of nitrogens with two attached hydrogens (primary N) is 1. The molecule has 1 aliphatic rings. The first-order chi connectivity index (χ1) is 6.59. The van der Waals surface area contributed by atoms with Crippen LogP contribution in [0.15, 0.2) is 0 Å². The van der Waals surface area contributed by atoms with Gasteiger partial charge in [0, 0.05) is 6.54 Å². The van der Waals surface area contributed by atoms with Gasteiger partial charge in [-0.15, -0.1) is 0 Å². The van der Waals surface area contributed by atoms with Gasteiger partial charge in [0.2, 0.25) is 0 Å². The zero-order chi connectivity index (χ0) is 10.6. The molecule has 14 heavy (non-hydrogen) atoms. The van der Waals surface area contributed by atoms with Crippen LogP contribution >= 0.6 is 0 Å². The van der Waals surface area contributed by atoms with Gasteiger partial charge in [-0.05, 0) is 38.8 Å². The lowest BCUT2D eigenvalue weighted by Gasteiger charge is -2.11. The first-order valence-corrected chi connectivity index (χ1v) is 5.26. The summed E-state index contributed by atoms with van der Waals surface area (Å²) >= 11 is 0. The van der Waals surface area contributed by atoms with Crippen molar-refractivity contribution in [3.63, 3.8) is 0 Å². The molecule has 0 aliphatic carbocycles. The number of carbonyl (C=O) groups is 1. The van der Waals surface area contributed by atoms with Gasteiger partial charge in [0.05, 0.1) is 0 Å². The standard InChI is InChI=1S/C10H20N2O2/c1-12-6-5-8(7-12)3-2-4-9(11)10(13)14/h8-9H,2-7,11H2,1H3,(H,13,14). The summed E-state index contributed by atoms with van der Waals surface area (Å²) in [6, 6.07) is -0.672. The second-order valence-corrected chi connectivity index (χ2v) is 4.29. The molecule has 0 saturated carbocycles. The van der Waals surface area contributed by atoms with Gasteiger partial charge in [0.1, 0.15) is 6.04 Å². The van der Waals surface area contributed by atoms with E-state index >= 15 is 0 Å². The van der Waals surface area contributed by atoms with Crippen molar-refractivity contribution in [2.24, 2.45) is 11.7 Å². The summed E-state index contributed by atoms with van der Waals surface area (Å²) < 4.78 is 0. The van der Waals surface area contributed by atoms with Gasteiger partial charge >= 0.3 is 5.97 Å². The van der Waals surface area contributed by atoms with Crippen molar-refractivity contribution < 1.29 is 9.90 Å². The fourth-order valence-electron chi connectivity index (χ4n) is 2.01. The van der Waals surface area contributed by atoms with E-state index in [4.69, 9.17) is 10.8 Å². The van der Waals surface area contributed by atoms with Crippen molar-refractivity contribution in [3.05, 3.63) is 0 Å². The normalized spacial score (nSPS) is 25.1. The molecule has 0 bridgehead atoms. The Morgan fingerprint density at radius 3 is 2.93 bits per heavy atom. The van der Waals surface area contributed by atoms with Crippen LogP contribution in [0.3, 0.4) is 0 Å². The number of likely N-dealkylation sites (tertiary alicyclic amines) is 1. The average molecular weight is 200 g/mol. The predicted molar refractivity (Wildman–Crippen MR) is 55.1 cm³/mol. The summed E-state index contributed by atoms with van der Waals surface area (Å²) in [7, 11) is 2.13. The minimum Gasteiger partial charge on any atom is -0.480 e. The first-order valence-electron chi connectivity index (χ1n) is 5.26.